The molecule has 7 heteroatoms. The zero-order chi connectivity index (χ0) is 19.3. The molecule has 0 unspecified atom stereocenters. The van der Waals surface area contributed by atoms with E-state index in [0.29, 0.717) is 18.5 Å². The van der Waals surface area contributed by atoms with Crippen molar-refractivity contribution in [2.24, 2.45) is 0 Å². The summed E-state index contributed by atoms with van der Waals surface area (Å²) >= 11 is 0. The van der Waals surface area contributed by atoms with Gasteiger partial charge in [-0.1, -0.05) is 12.1 Å². The summed E-state index contributed by atoms with van der Waals surface area (Å²) in [5, 5.41) is 2.97. The van der Waals surface area contributed by atoms with Gasteiger partial charge in [-0.15, -0.1) is 0 Å². The topological polar surface area (TPSA) is 77.2 Å². The van der Waals surface area contributed by atoms with Gasteiger partial charge in [-0.05, 0) is 36.9 Å². The summed E-state index contributed by atoms with van der Waals surface area (Å²) in [4.78, 5) is 28.9. The van der Waals surface area contributed by atoms with E-state index in [1.54, 1.807) is 6.20 Å². The molecule has 7 nitrogen and oxygen atoms in total. The molecule has 1 aromatic carbocycles. The third-order valence-corrected chi connectivity index (χ3v) is 5.14. The van der Waals surface area contributed by atoms with Crippen molar-refractivity contribution in [1.29, 1.82) is 0 Å². The van der Waals surface area contributed by atoms with Crippen molar-refractivity contribution in [1.82, 2.24) is 24.8 Å². The SMILES string of the molecule is CN1CCN(Cc2ccc(NC(=O)CCc3nc4ncccc4[nH]3)cc2)CC1. The average molecular weight is 378 g/mol. The summed E-state index contributed by atoms with van der Waals surface area (Å²) in [6, 6.07) is 12.0. The highest BCUT2D eigenvalue weighted by atomic mass is 16.1. The zero-order valence-electron chi connectivity index (χ0n) is 16.2. The maximum Gasteiger partial charge on any atom is 0.224 e. The van der Waals surface area contributed by atoms with Crippen molar-refractivity contribution in [2.75, 3.05) is 38.5 Å². The predicted octanol–water partition coefficient (Wildman–Crippen LogP) is 2.28. The number of likely N-dealkylation sites (N-methyl/N-ethyl adjacent to an activating group) is 1. The highest BCUT2D eigenvalue weighted by Gasteiger charge is 2.14. The molecule has 0 bridgehead atoms. The quantitative estimate of drug-likeness (QED) is 0.688. The first-order chi connectivity index (χ1) is 13.7. The lowest BCUT2D eigenvalue weighted by Crippen LogP contribution is -2.43. The number of carbonyl (C=O) groups excluding carboxylic acids is 1. The maximum atomic E-state index is 12.3. The lowest BCUT2D eigenvalue weighted by molar-refractivity contribution is -0.116. The van der Waals surface area contributed by atoms with Crippen LogP contribution in [0.2, 0.25) is 0 Å². The zero-order valence-corrected chi connectivity index (χ0v) is 16.2. The molecule has 1 aliphatic rings. The van der Waals surface area contributed by atoms with Gasteiger partial charge in [0.1, 0.15) is 5.82 Å². The molecule has 2 N–H and O–H groups in total. The first kappa shape index (κ1) is 18.6. The number of aromatic nitrogens is 3. The standard InChI is InChI=1S/C21H26N6O/c1-26-11-13-27(14-12-26)15-16-4-6-17(7-5-16)23-20(28)9-8-19-24-18-3-2-10-22-21(18)25-19/h2-7,10H,8-9,11-15H2,1H3,(H,23,28)(H,22,24,25). The van der Waals surface area contributed by atoms with Gasteiger partial charge in [0.25, 0.3) is 0 Å². The monoisotopic (exact) mass is 378 g/mol. The summed E-state index contributed by atoms with van der Waals surface area (Å²) in [6.45, 7) is 5.41. The lowest BCUT2D eigenvalue weighted by Gasteiger charge is -2.32. The molecule has 0 radical (unpaired) electrons. The van der Waals surface area contributed by atoms with E-state index in [9.17, 15) is 4.79 Å². The number of rotatable bonds is 6. The molecule has 0 atom stereocenters. The first-order valence-electron chi connectivity index (χ1n) is 9.75. The highest BCUT2D eigenvalue weighted by molar-refractivity contribution is 5.90. The van der Waals surface area contributed by atoms with Gasteiger partial charge >= 0.3 is 0 Å². The van der Waals surface area contributed by atoms with Crippen molar-refractivity contribution in [3.8, 4) is 0 Å². The number of piperazine rings is 1. The normalized spacial score (nSPS) is 15.8. The molecule has 1 amide bonds. The van der Waals surface area contributed by atoms with E-state index in [1.807, 2.05) is 24.3 Å². The number of nitrogens with one attached hydrogen (secondary N) is 2. The van der Waals surface area contributed by atoms with Crippen LogP contribution in [0, 0.1) is 0 Å². The van der Waals surface area contributed by atoms with Crippen molar-refractivity contribution >= 4 is 22.8 Å². The van der Waals surface area contributed by atoms with Crippen LogP contribution in [0.3, 0.4) is 0 Å². The Labute approximate surface area is 164 Å². The molecule has 1 fully saturated rings. The van der Waals surface area contributed by atoms with Crippen LogP contribution >= 0.6 is 0 Å². The number of amides is 1. The molecule has 1 aliphatic heterocycles. The molecule has 2 aromatic heterocycles. The Bertz CT molecular complexity index is 894. The molecular formula is C21H26N6O. The number of anilines is 1. The van der Waals surface area contributed by atoms with Crippen LogP contribution < -0.4 is 5.32 Å². The Morgan fingerprint density at radius 1 is 1.14 bits per heavy atom. The van der Waals surface area contributed by atoms with E-state index < -0.39 is 0 Å². The molecule has 4 rings (SSSR count). The van der Waals surface area contributed by atoms with Crippen LogP contribution in [0.25, 0.3) is 11.2 Å². The Balaban J connectivity index is 1.26. The van der Waals surface area contributed by atoms with Gasteiger partial charge in [0.2, 0.25) is 5.91 Å². The summed E-state index contributed by atoms with van der Waals surface area (Å²) < 4.78 is 0. The molecule has 28 heavy (non-hydrogen) atoms. The van der Waals surface area contributed by atoms with Crippen LogP contribution in [0.5, 0.6) is 0 Å². The lowest BCUT2D eigenvalue weighted by atomic mass is 10.1. The minimum Gasteiger partial charge on any atom is -0.341 e. The van der Waals surface area contributed by atoms with Crippen LogP contribution in [0.15, 0.2) is 42.6 Å². The molecule has 3 heterocycles. The summed E-state index contributed by atoms with van der Waals surface area (Å²) in [5.74, 6) is 0.770. The Hall–Kier alpha value is -2.77. The van der Waals surface area contributed by atoms with Gasteiger partial charge in [0.05, 0.1) is 5.52 Å². The fourth-order valence-corrected chi connectivity index (χ4v) is 3.43. The van der Waals surface area contributed by atoms with Gasteiger partial charge in [-0.25, -0.2) is 9.97 Å². The number of carbonyl (C=O) groups is 1. The Morgan fingerprint density at radius 3 is 2.68 bits per heavy atom. The molecule has 146 valence electrons. The molecule has 0 spiro atoms. The second kappa shape index (κ2) is 8.50. The Morgan fingerprint density at radius 2 is 1.93 bits per heavy atom. The summed E-state index contributed by atoms with van der Waals surface area (Å²) in [6.07, 6.45) is 2.65. The van der Waals surface area contributed by atoms with Gasteiger partial charge in [-0.3, -0.25) is 9.69 Å². The van der Waals surface area contributed by atoms with Crippen molar-refractivity contribution in [3.05, 3.63) is 54.0 Å². The van der Waals surface area contributed by atoms with Gasteiger partial charge in [-0.2, -0.15) is 0 Å². The van der Waals surface area contributed by atoms with E-state index in [0.717, 1.165) is 49.8 Å². The number of nitrogens with zero attached hydrogens (tertiary/aromatic N) is 4. The third-order valence-electron chi connectivity index (χ3n) is 5.14. The van der Waals surface area contributed by atoms with E-state index in [4.69, 9.17) is 0 Å². The van der Waals surface area contributed by atoms with Crippen LogP contribution in [-0.4, -0.2) is 63.9 Å². The maximum absolute atomic E-state index is 12.3. The fourth-order valence-electron chi connectivity index (χ4n) is 3.43. The highest BCUT2D eigenvalue weighted by Crippen LogP contribution is 2.14. The predicted molar refractivity (Wildman–Crippen MR) is 110 cm³/mol. The number of H-pyrrole nitrogens is 1. The van der Waals surface area contributed by atoms with Gasteiger partial charge in [0, 0.05) is 57.4 Å². The van der Waals surface area contributed by atoms with E-state index in [-0.39, 0.29) is 5.91 Å². The van der Waals surface area contributed by atoms with Crippen molar-refractivity contribution < 1.29 is 4.79 Å². The molecule has 1 saturated heterocycles. The number of aryl methyl sites for hydroxylation is 1. The van der Waals surface area contributed by atoms with Crippen LogP contribution in [-0.2, 0) is 17.8 Å². The summed E-state index contributed by atoms with van der Waals surface area (Å²) in [7, 11) is 2.17. The number of aromatic amines is 1. The molecular weight excluding hydrogens is 352 g/mol. The van der Waals surface area contributed by atoms with Crippen LogP contribution in [0.4, 0.5) is 5.69 Å². The van der Waals surface area contributed by atoms with E-state index in [1.165, 1.54) is 5.56 Å². The van der Waals surface area contributed by atoms with Crippen molar-refractivity contribution in [3.63, 3.8) is 0 Å². The second-order valence-electron chi connectivity index (χ2n) is 7.38. The fraction of sp³-hybridized carbons (Fsp3) is 0.381. The molecule has 0 saturated carbocycles. The average Bonchev–Trinajstić information content (AvgIpc) is 3.13. The number of pyridine rings is 1. The molecule has 0 aliphatic carbocycles. The van der Waals surface area contributed by atoms with Gasteiger partial charge < -0.3 is 15.2 Å². The summed E-state index contributed by atoms with van der Waals surface area (Å²) in [5.41, 5.74) is 3.69. The van der Waals surface area contributed by atoms with E-state index >= 15 is 0 Å². The number of fused-ring (bicyclic) bond motifs is 1. The Kier molecular flexibility index (Phi) is 5.64. The van der Waals surface area contributed by atoms with Crippen LogP contribution in [0.1, 0.15) is 17.8 Å². The van der Waals surface area contributed by atoms with Gasteiger partial charge in [0.15, 0.2) is 5.65 Å². The van der Waals surface area contributed by atoms with E-state index in [2.05, 4.69) is 49.2 Å². The molecule has 3 aromatic rings. The second-order valence-corrected chi connectivity index (χ2v) is 7.38. The smallest absolute Gasteiger partial charge is 0.224 e. The minimum absolute atomic E-state index is 0.0137. The number of hydrogen-bond acceptors (Lipinski definition) is 5. The number of benzene rings is 1. The largest absolute Gasteiger partial charge is 0.341 e. The third kappa shape index (κ3) is 4.74. The number of imidazole rings is 1. The number of hydrogen-bond donors (Lipinski definition) is 2. The minimum atomic E-state index is -0.0137. The first-order valence-corrected chi connectivity index (χ1v) is 9.75. The van der Waals surface area contributed by atoms with Crippen molar-refractivity contribution in [2.45, 2.75) is 19.4 Å².